The summed E-state index contributed by atoms with van der Waals surface area (Å²) in [4.78, 5) is 24.6. The molecule has 2 aromatic heterocycles. The minimum Gasteiger partial charge on any atom is -0.353 e. The standard InChI is InChI=1S/C13H15BrN6O/c1-9-16-12(18-17-9)13(21)20-6-4-19(5-7-20)11-3-2-10(14)8-15-11/h2-3,8H,4-7H2,1H3,(H,16,17,18). The lowest BCUT2D eigenvalue weighted by molar-refractivity contribution is 0.0734. The Morgan fingerprint density at radius 1 is 1.29 bits per heavy atom. The maximum atomic E-state index is 12.2. The maximum Gasteiger partial charge on any atom is 0.293 e. The first-order valence-electron chi connectivity index (χ1n) is 6.68. The highest BCUT2D eigenvalue weighted by molar-refractivity contribution is 9.10. The van der Waals surface area contributed by atoms with Crippen LogP contribution < -0.4 is 4.90 Å². The van der Waals surface area contributed by atoms with Crippen LogP contribution in [0.3, 0.4) is 0 Å². The summed E-state index contributed by atoms with van der Waals surface area (Å²) in [7, 11) is 0. The lowest BCUT2D eigenvalue weighted by Crippen LogP contribution is -2.49. The summed E-state index contributed by atoms with van der Waals surface area (Å²) >= 11 is 3.38. The molecule has 1 fully saturated rings. The zero-order chi connectivity index (χ0) is 14.8. The Hall–Kier alpha value is -1.96. The third kappa shape index (κ3) is 3.05. The molecule has 0 bridgehead atoms. The van der Waals surface area contributed by atoms with Crippen molar-refractivity contribution in [3.8, 4) is 0 Å². The number of nitrogens with zero attached hydrogens (tertiary/aromatic N) is 5. The van der Waals surface area contributed by atoms with Gasteiger partial charge in [-0.25, -0.2) is 9.97 Å². The molecule has 7 nitrogen and oxygen atoms in total. The number of pyridine rings is 1. The monoisotopic (exact) mass is 350 g/mol. The highest BCUT2D eigenvalue weighted by atomic mass is 79.9. The number of aromatic amines is 1. The first-order valence-corrected chi connectivity index (χ1v) is 7.47. The van der Waals surface area contributed by atoms with Crippen LogP contribution in [0.2, 0.25) is 0 Å². The summed E-state index contributed by atoms with van der Waals surface area (Å²) in [5.41, 5.74) is 0. The first-order chi connectivity index (χ1) is 10.1. The van der Waals surface area contributed by atoms with E-state index >= 15 is 0 Å². The van der Waals surface area contributed by atoms with Crippen molar-refractivity contribution in [1.29, 1.82) is 0 Å². The van der Waals surface area contributed by atoms with Gasteiger partial charge < -0.3 is 9.80 Å². The van der Waals surface area contributed by atoms with Crippen molar-refractivity contribution in [3.63, 3.8) is 0 Å². The van der Waals surface area contributed by atoms with E-state index in [1.54, 1.807) is 18.0 Å². The van der Waals surface area contributed by atoms with E-state index < -0.39 is 0 Å². The van der Waals surface area contributed by atoms with Crippen molar-refractivity contribution >= 4 is 27.7 Å². The van der Waals surface area contributed by atoms with E-state index in [9.17, 15) is 4.79 Å². The molecule has 1 aliphatic rings. The smallest absolute Gasteiger partial charge is 0.293 e. The van der Waals surface area contributed by atoms with Gasteiger partial charge >= 0.3 is 0 Å². The van der Waals surface area contributed by atoms with Gasteiger partial charge in [0.1, 0.15) is 11.6 Å². The van der Waals surface area contributed by atoms with Crippen molar-refractivity contribution in [2.45, 2.75) is 6.92 Å². The summed E-state index contributed by atoms with van der Waals surface area (Å²) in [5, 5.41) is 6.61. The van der Waals surface area contributed by atoms with Crippen LogP contribution in [-0.2, 0) is 0 Å². The van der Waals surface area contributed by atoms with Gasteiger partial charge in [-0.3, -0.25) is 9.89 Å². The molecule has 0 atom stereocenters. The minimum absolute atomic E-state index is 0.122. The highest BCUT2D eigenvalue weighted by Crippen LogP contribution is 2.17. The van der Waals surface area contributed by atoms with Gasteiger partial charge in [-0.2, -0.15) is 0 Å². The average molecular weight is 351 g/mol. The third-order valence-corrected chi connectivity index (χ3v) is 3.86. The van der Waals surface area contributed by atoms with Crippen LogP contribution in [0.25, 0.3) is 0 Å². The van der Waals surface area contributed by atoms with Crippen LogP contribution in [0.1, 0.15) is 16.4 Å². The third-order valence-electron chi connectivity index (χ3n) is 3.39. The Kier molecular flexibility index (Phi) is 3.87. The summed E-state index contributed by atoms with van der Waals surface area (Å²) in [6, 6.07) is 3.94. The Balaban J connectivity index is 1.62. The predicted octanol–water partition coefficient (Wildman–Crippen LogP) is 1.23. The molecular weight excluding hydrogens is 336 g/mol. The molecule has 0 saturated carbocycles. The molecule has 0 unspecified atom stereocenters. The molecule has 1 aliphatic heterocycles. The van der Waals surface area contributed by atoms with Crippen LogP contribution in [0.4, 0.5) is 5.82 Å². The quantitative estimate of drug-likeness (QED) is 0.881. The number of anilines is 1. The molecular formula is C13H15BrN6O. The molecule has 21 heavy (non-hydrogen) atoms. The van der Waals surface area contributed by atoms with Crippen molar-refractivity contribution in [2.24, 2.45) is 0 Å². The van der Waals surface area contributed by atoms with Gasteiger partial charge in [0.05, 0.1) is 0 Å². The minimum atomic E-state index is -0.122. The number of piperazine rings is 1. The van der Waals surface area contributed by atoms with Crippen LogP contribution >= 0.6 is 15.9 Å². The van der Waals surface area contributed by atoms with Gasteiger partial charge in [0.2, 0.25) is 5.82 Å². The van der Waals surface area contributed by atoms with Gasteiger partial charge in [-0.1, -0.05) is 0 Å². The number of hydrogen-bond donors (Lipinski definition) is 1. The van der Waals surface area contributed by atoms with E-state index in [4.69, 9.17) is 0 Å². The lowest BCUT2D eigenvalue weighted by atomic mass is 10.3. The Morgan fingerprint density at radius 2 is 2.05 bits per heavy atom. The predicted molar refractivity (Wildman–Crippen MR) is 81.2 cm³/mol. The van der Waals surface area contributed by atoms with Gasteiger partial charge in [-0.15, -0.1) is 5.10 Å². The molecule has 110 valence electrons. The van der Waals surface area contributed by atoms with E-state index in [-0.39, 0.29) is 11.7 Å². The van der Waals surface area contributed by atoms with E-state index in [2.05, 4.69) is 41.0 Å². The van der Waals surface area contributed by atoms with E-state index in [1.807, 2.05) is 12.1 Å². The number of halogens is 1. The molecule has 1 amide bonds. The summed E-state index contributed by atoms with van der Waals surface area (Å²) < 4.78 is 0.958. The van der Waals surface area contributed by atoms with Crippen molar-refractivity contribution in [3.05, 3.63) is 34.5 Å². The van der Waals surface area contributed by atoms with Gasteiger partial charge in [0.25, 0.3) is 5.91 Å². The van der Waals surface area contributed by atoms with Crippen molar-refractivity contribution in [2.75, 3.05) is 31.1 Å². The van der Waals surface area contributed by atoms with E-state index in [1.165, 1.54) is 0 Å². The van der Waals surface area contributed by atoms with Crippen LogP contribution in [0.15, 0.2) is 22.8 Å². The fourth-order valence-corrected chi connectivity index (χ4v) is 2.51. The topological polar surface area (TPSA) is 78.0 Å². The Bertz CT molecular complexity index is 632. The van der Waals surface area contributed by atoms with Crippen LogP contribution in [0.5, 0.6) is 0 Å². The molecule has 1 N–H and O–H groups in total. The molecule has 0 radical (unpaired) electrons. The number of aromatic nitrogens is 4. The normalized spacial score (nSPS) is 15.3. The zero-order valence-electron chi connectivity index (χ0n) is 11.6. The fourth-order valence-electron chi connectivity index (χ4n) is 2.27. The van der Waals surface area contributed by atoms with Gasteiger partial charge in [0.15, 0.2) is 0 Å². The molecule has 1 saturated heterocycles. The maximum absolute atomic E-state index is 12.2. The summed E-state index contributed by atoms with van der Waals surface area (Å²) in [6.45, 7) is 4.57. The van der Waals surface area contributed by atoms with E-state index in [0.29, 0.717) is 18.9 Å². The average Bonchev–Trinajstić information content (AvgIpc) is 2.94. The second kappa shape index (κ2) is 5.80. The first kappa shape index (κ1) is 14.0. The number of aryl methyl sites for hydroxylation is 1. The molecule has 2 aromatic rings. The van der Waals surface area contributed by atoms with Gasteiger partial charge in [0, 0.05) is 36.8 Å². The van der Waals surface area contributed by atoms with Crippen LogP contribution in [0, 0.1) is 6.92 Å². The number of carbonyl (C=O) groups excluding carboxylic acids is 1. The molecule has 0 aliphatic carbocycles. The Morgan fingerprint density at radius 3 is 2.62 bits per heavy atom. The number of hydrogen-bond acceptors (Lipinski definition) is 5. The Labute approximate surface area is 130 Å². The van der Waals surface area contributed by atoms with Crippen molar-refractivity contribution in [1.82, 2.24) is 25.1 Å². The number of nitrogens with one attached hydrogen (secondary N) is 1. The molecule has 3 rings (SSSR count). The number of rotatable bonds is 2. The summed E-state index contributed by atoms with van der Waals surface area (Å²) in [6.07, 6.45) is 1.78. The highest BCUT2D eigenvalue weighted by Gasteiger charge is 2.25. The largest absolute Gasteiger partial charge is 0.353 e. The molecule has 8 heteroatoms. The molecule has 3 heterocycles. The van der Waals surface area contributed by atoms with Crippen molar-refractivity contribution < 1.29 is 4.79 Å². The second-order valence-corrected chi connectivity index (χ2v) is 5.77. The molecule has 0 aromatic carbocycles. The second-order valence-electron chi connectivity index (χ2n) is 4.86. The summed E-state index contributed by atoms with van der Waals surface area (Å²) in [5.74, 6) is 1.69. The fraction of sp³-hybridized carbons (Fsp3) is 0.385. The number of carbonyl (C=O) groups is 1. The zero-order valence-corrected chi connectivity index (χ0v) is 13.2. The SMILES string of the molecule is Cc1nc(C(=O)N2CCN(c3ccc(Br)cn3)CC2)n[nH]1. The van der Waals surface area contributed by atoms with E-state index in [0.717, 1.165) is 23.4 Å². The number of amides is 1. The van der Waals surface area contributed by atoms with Gasteiger partial charge in [-0.05, 0) is 35.0 Å². The van der Waals surface area contributed by atoms with Crippen LogP contribution in [-0.4, -0.2) is 57.2 Å². The molecule has 0 spiro atoms. The number of H-pyrrole nitrogens is 1. The lowest BCUT2D eigenvalue weighted by Gasteiger charge is -2.34.